The van der Waals surface area contributed by atoms with Crippen molar-refractivity contribution in [3.8, 4) is 17.0 Å². The Morgan fingerprint density at radius 2 is 1.51 bits per heavy atom. The second kappa shape index (κ2) is 13.5. The van der Waals surface area contributed by atoms with E-state index < -0.39 is 47.3 Å². The van der Waals surface area contributed by atoms with Crippen LogP contribution in [0.1, 0.15) is 31.7 Å². The van der Waals surface area contributed by atoms with Gasteiger partial charge in [-0.15, -0.1) is 5.10 Å². The number of aliphatic hydroxyl groups excluding tert-OH is 3. The molecule has 1 aromatic carbocycles. The van der Waals surface area contributed by atoms with Gasteiger partial charge in [0.1, 0.15) is 24.0 Å². The van der Waals surface area contributed by atoms with E-state index in [0.29, 0.717) is 48.0 Å². The van der Waals surface area contributed by atoms with Gasteiger partial charge in [-0.3, -0.25) is 28.5 Å². The highest BCUT2D eigenvalue weighted by Gasteiger charge is 2.43. The largest absolute Gasteiger partial charge is 0.494 e. The number of nitrogens with zero attached hydrogens (tertiary/aromatic N) is 8. The molecular formula is C33H42N8O8. The molecule has 2 aliphatic heterocycles. The van der Waals surface area contributed by atoms with E-state index in [0.717, 1.165) is 0 Å². The summed E-state index contributed by atoms with van der Waals surface area (Å²) in [5.41, 5.74) is -0.656. The van der Waals surface area contributed by atoms with Gasteiger partial charge >= 0.3 is 0 Å². The van der Waals surface area contributed by atoms with Crippen molar-refractivity contribution in [3.05, 3.63) is 66.5 Å². The third-order valence-electron chi connectivity index (χ3n) is 9.20. The van der Waals surface area contributed by atoms with E-state index in [9.17, 15) is 34.8 Å². The number of pyridine rings is 2. The summed E-state index contributed by atoms with van der Waals surface area (Å²) in [6.07, 6.45) is -3.50. The van der Waals surface area contributed by atoms with Crippen LogP contribution in [0.3, 0.4) is 0 Å². The molecule has 16 heteroatoms. The molecule has 3 aromatic rings. The van der Waals surface area contributed by atoms with Crippen LogP contribution in [0.25, 0.3) is 32.7 Å². The predicted molar refractivity (Wildman–Crippen MR) is 180 cm³/mol. The molecule has 0 unspecified atom stereocenters. The van der Waals surface area contributed by atoms with Crippen LogP contribution in [0.4, 0.5) is 0 Å². The maximum atomic E-state index is 14.2. The van der Waals surface area contributed by atoms with Crippen LogP contribution in [0.2, 0.25) is 0 Å². The van der Waals surface area contributed by atoms with E-state index in [4.69, 9.17) is 9.73 Å². The van der Waals surface area contributed by atoms with E-state index in [1.165, 1.54) is 26.1 Å². The summed E-state index contributed by atoms with van der Waals surface area (Å²) in [6.45, 7) is 3.23. The van der Waals surface area contributed by atoms with Crippen LogP contribution in [0.5, 0.6) is 5.88 Å². The quantitative estimate of drug-likeness (QED) is 0.124. The lowest BCUT2D eigenvalue weighted by Crippen LogP contribution is -2.54. The van der Waals surface area contributed by atoms with Gasteiger partial charge in [0.15, 0.2) is 6.23 Å². The number of ether oxygens (including phenoxy) is 1. The van der Waals surface area contributed by atoms with Crippen molar-refractivity contribution in [2.45, 2.75) is 70.0 Å². The first-order valence-electron chi connectivity index (χ1n) is 16.3. The second-order valence-corrected chi connectivity index (χ2v) is 13.3. The lowest BCUT2D eigenvalue weighted by atomic mass is 9.90. The summed E-state index contributed by atoms with van der Waals surface area (Å²) in [6, 6.07) is 4.72. The van der Waals surface area contributed by atoms with Crippen LogP contribution < -0.4 is 22.0 Å². The maximum absolute atomic E-state index is 14.2. The Morgan fingerprint density at radius 3 is 2.18 bits per heavy atom. The monoisotopic (exact) mass is 678 g/mol. The molecular weight excluding hydrogens is 636 g/mol. The molecule has 262 valence electrons. The topological polar surface area (TPSA) is 201 Å². The molecule has 1 aliphatic carbocycles. The van der Waals surface area contributed by atoms with Crippen molar-refractivity contribution in [1.29, 1.82) is 0 Å². The number of benzene rings is 2. The normalized spacial score (nSPS) is 22.2. The molecule has 0 saturated carbocycles. The van der Waals surface area contributed by atoms with Crippen LogP contribution in [-0.2, 0) is 24.4 Å². The maximum Gasteiger partial charge on any atom is 0.263 e. The fourth-order valence-electron chi connectivity index (χ4n) is 6.61. The zero-order valence-corrected chi connectivity index (χ0v) is 28.1. The molecule has 49 heavy (non-hydrogen) atoms. The summed E-state index contributed by atoms with van der Waals surface area (Å²) in [4.78, 5) is 50.5. The van der Waals surface area contributed by atoms with Crippen molar-refractivity contribution in [3.63, 3.8) is 0 Å². The van der Waals surface area contributed by atoms with Crippen LogP contribution in [0.15, 0.2) is 43.8 Å². The van der Waals surface area contributed by atoms with Crippen molar-refractivity contribution in [2.75, 3.05) is 41.3 Å². The van der Waals surface area contributed by atoms with Gasteiger partial charge in [-0.25, -0.2) is 4.68 Å². The first kappa shape index (κ1) is 34.5. The third kappa shape index (κ3) is 6.19. The zero-order valence-electron chi connectivity index (χ0n) is 28.1. The zero-order chi connectivity index (χ0) is 35.3. The molecule has 4 heterocycles. The molecule has 4 N–H and O–H groups in total. The Kier molecular flexibility index (Phi) is 9.54. The molecule has 16 nitrogen and oxygen atoms in total. The van der Waals surface area contributed by atoms with E-state index in [2.05, 4.69) is 10.3 Å². The molecule has 1 saturated heterocycles. The fraction of sp³-hybridized carbons (Fsp3) is 0.515. The number of hydrogen-bond donors (Lipinski definition) is 4. The van der Waals surface area contributed by atoms with Crippen molar-refractivity contribution < 1.29 is 25.2 Å². The molecule has 0 amide bonds. The van der Waals surface area contributed by atoms with E-state index in [1.54, 1.807) is 19.1 Å². The van der Waals surface area contributed by atoms with Crippen LogP contribution in [0, 0.1) is 0 Å². The first-order chi connectivity index (χ1) is 23.3. The third-order valence-corrected chi connectivity index (χ3v) is 9.20. The van der Waals surface area contributed by atoms with Gasteiger partial charge < -0.3 is 35.0 Å². The van der Waals surface area contributed by atoms with Crippen LogP contribution in [-0.4, -0.2) is 120 Å². The summed E-state index contributed by atoms with van der Waals surface area (Å²) in [7, 11) is 7.65. The Hall–Kier alpha value is -4.32. The van der Waals surface area contributed by atoms with Gasteiger partial charge in [0.2, 0.25) is 5.88 Å². The highest BCUT2D eigenvalue weighted by atomic mass is 16.5. The van der Waals surface area contributed by atoms with Gasteiger partial charge in [-0.1, -0.05) is 5.21 Å². The molecule has 6 rings (SSSR count). The van der Waals surface area contributed by atoms with E-state index in [-0.39, 0.29) is 47.2 Å². The molecule has 0 spiro atoms. The van der Waals surface area contributed by atoms with E-state index >= 15 is 0 Å². The molecule has 5 atom stereocenters. The van der Waals surface area contributed by atoms with Gasteiger partial charge in [-0.2, -0.15) is 0 Å². The number of hydrogen-bond acceptors (Lipinski definition) is 13. The SMILES string of the molecule is C[C@H]1O[C@@H](n2cc(CN=c3cc4c(=O)n(CCCN(C)C)c(=O)c5ccc6c(O)n(CCCN(C)C)c(=O)c3c6c5-4)nn2)[C@H](O)[C@@H](O)[C@@H]1O. The van der Waals surface area contributed by atoms with E-state index in [1.807, 2.05) is 38.0 Å². The van der Waals surface area contributed by atoms with Crippen molar-refractivity contribution >= 4 is 21.5 Å². The fourth-order valence-corrected chi connectivity index (χ4v) is 6.61. The van der Waals surface area contributed by atoms with Gasteiger partial charge in [-0.05, 0) is 79.2 Å². The minimum atomic E-state index is -1.47. The molecule has 0 bridgehead atoms. The highest BCUT2D eigenvalue weighted by molar-refractivity contribution is 6.15. The minimum absolute atomic E-state index is 0.0974. The van der Waals surface area contributed by atoms with Gasteiger partial charge in [0, 0.05) is 34.8 Å². The number of aromatic nitrogens is 5. The average Bonchev–Trinajstić information content (AvgIpc) is 3.53. The smallest absolute Gasteiger partial charge is 0.263 e. The number of aliphatic hydroxyl groups is 3. The number of rotatable bonds is 11. The van der Waals surface area contributed by atoms with Gasteiger partial charge in [0.25, 0.3) is 16.7 Å². The standard InChI is InChI=1S/C33H42N8O8/c1-17-26(42)27(43)28(44)33(49-17)41-16-18(35-36-41)15-34-22-14-21-23-19(29(45)39(31(21)47)12-6-10-37(2)3)8-9-20-24(23)25(22)32(48)40(30(20)46)13-7-11-38(4)5/h8-9,14,16-17,26-28,33,42-44,46H,6-7,10-13,15H2,1-5H3/t17-,26-,27+,28-,33-/m1/s1. The lowest BCUT2D eigenvalue weighted by molar-refractivity contribution is -0.243. The minimum Gasteiger partial charge on any atom is -0.494 e. The van der Waals surface area contributed by atoms with Gasteiger partial charge in [0.05, 0.1) is 35.2 Å². The summed E-state index contributed by atoms with van der Waals surface area (Å²) < 4.78 is 9.40. The second-order valence-electron chi connectivity index (χ2n) is 13.3. The van der Waals surface area contributed by atoms with Crippen LogP contribution >= 0.6 is 0 Å². The number of aromatic hydroxyl groups is 1. The van der Waals surface area contributed by atoms with Crippen molar-refractivity contribution in [1.82, 2.24) is 33.9 Å². The lowest BCUT2D eigenvalue weighted by Gasteiger charge is -2.38. The first-order valence-corrected chi connectivity index (χ1v) is 16.3. The summed E-state index contributed by atoms with van der Waals surface area (Å²) in [5.74, 6) is -0.255. The molecule has 3 aliphatic rings. The Bertz CT molecular complexity index is 2180. The summed E-state index contributed by atoms with van der Waals surface area (Å²) >= 11 is 0. The Morgan fingerprint density at radius 1 is 0.857 bits per heavy atom. The predicted octanol–water partition coefficient (Wildman–Crippen LogP) is -1.04. The summed E-state index contributed by atoms with van der Waals surface area (Å²) in [5, 5.41) is 51.6. The average molecular weight is 679 g/mol. The van der Waals surface area contributed by atoms with Crippen molar-refractivity contribution in [2.24, 2.45) is 4.99 Å². The molecule has 2 aromatic heterocycles. The highest BCUT2D eigenvalue weighted by Crippen LogP contribution is 2.37. The molecule has 0 radical (unpaired) electrons. The molecule has 1 fully saturated rings. The Labute approximate surface area is 280 Å². The Balaban J connectivity index is 1.52.